The zero-order valence-electron chi connectivity index (χ0n) is 10.5. The van der Waals surface area contributed by atoms with Crippen LogP contribution in [0.4, 0.5) is 5.69 Å². The molecule has 0 radical (unpaired) electrons. The number of anilines is 1. The van der Waals surface area contributed by atoms with Crippen LogP contribution in [-0.2, 0) is 14.3 Å². The molecule has 0 bridgehead atoms. The number of ether oxygens (including phenoxy) is 1. The van der Waals surface area contributed by atoms with Gasteiger partial charge in [-0.3, -0.25) is 4.79 Å². The summed E-state index contributed by atoms with van der Waals surface area (Å²) in [5.41, 5.74) is 0.774. The lowest BCUT2D eigenvalue weighted by molar-refractivity contribution is -0.144. The van der Waals surface area contributed by atoms with Crippen LogP contribution < -0.4 is 10.6 Å². The summed E-state index contributed by atoms with van der Waals surface area (Å²) in [5.74, 6) is -0.801. The molecule has 1 aromatic carbocycles. The molecule has 0 aromatic heterocycles. The van der Waals surface area contributed by atoms with Crippen molar-refractivity contribution in [3.05, 3.63) is 27.7 Å². The summed E-state index contributed by atoms with van der Waals surface area (Å²) in [6, 6.07) is 4.54. The number of hydrogen-bond acceptors (Lipinski definition) is 4. The van der Waals surface area contributed by atoms with E-state index in [1.165, 1.54) is 14.0 Å². The first-order valence-electron chi connectivity index (χ1n) is 5.48. The molecule has 19 heavy (non-hydrogen) atoms. The predicted octanol–water partition coefficient (Wildman–Crippen LogP) is 2.19. The van der Waals surface area contributed by atoms with Gasteiger partial charge in [0.25, 0.3) is 0 Å². The third kappa shape index (κ3) is 5.08. The average Bonchev–Trinajstić information content (AvgIpc) is 2.37. The maximum atomic E-state index is 11.5. The molecule has 0 aliphatic rings. The molecule has 1 unspecified atom stereocenters. The lowest BCUT2D eigenvalue weighted by atomic mass is 10.2. The Morgan fingerprint density at radius 3 is 2.68 bits per heavy atom. The summed E-state index contributed by atoms with van der Waals surface area (Å²) >= 11 is 9.18. The van der Waals surface area contributed by atoms with E-state index in [1.54, 1.807) is 18.2 Å². The Labute approximate surface area is 124 Å². The van der Waals surface area contributed by atoms with Crippen molar-refractivity contribution < 1.29 is 14.3 Å². The molecule has 1 rings (SSSR count). The molecule has 0 heterocycles. The molecular weight excluding hydrogens is 336 g/mol. The molecule has 0 spiro atoms. The Morgan fingerprint density at radius 1 is 1.47 bits per heavy atom. The van der Waals surface area contributed by atoms with Gasteiger partial charge in [-0.1, -0.05) is 11.6 Å². The lowest BCUT2D eigenvalue weighted by Crippen LogP contribution is -2.45. The van der Waals surface area contributed by atoms with Gasteiger partial charge in [0.15, 0.2) is 0 Å². The number of methoxy groups -OCH3 is 1. The Morgan fingerprint density at radius 2 is 2.16 bits per heavy atom. The van der Waals surface area contributed by atoms with Gasteiger partial charge in [0.1, 0.15) is 6.04 Å². The highest BCUT2D eigenvalue weighted by Crippen LogP contribution is 2.25. The molecule has 0 saturated heterocycles. The van der Waals surface area contributed by atoms with Crippen molar-refractivity contribution in [1.29, 1.82) is 0 Å². The number of nitrogens with one attached hydrogen (secondary N) is 2. The number of halogens is 2. The molecule has 0 aliphatic carbocycles. The minimum atomic E-state index is -0.739. The van der Waals surface area contributed by atoms with Crippen LogP contribution in [0.25, 0.3) is 0 Å². The minimum Gasteiger partial charge on any atom is -0.467 e. The van der Waals surface area contributed by atoms with Crippen molar-refractivity contribution in [3.8, 4) is 0 Å². The highest BCUT2D eigenvalue weighted by molar-refractivity contribution is 9.10. The van der Waals surface area contributed by atoms with Crippen LogP contribution in [-0.4, -0.2) is 31.6 Å². The normalized spacial score (nSPS) is 11.6. The molecule has 1 atom stereocenters. The SMILES string of the molecule is COC(=O)C(CNc1ccc(Cl)c(Br)c1)NC(C)=O. The van der Waals surface area contributed by atoms with E-state index in [9.17, 15) is 9.59 Å². The predicted molar refractivity (Wildman–Crippen MR) is 77.3 cm³/mol. The van der Waals surface area contributed by atoms with Gasteiger partial charge in [-0.15, -0.1) is 0 Å². The summed E-state index contributed by atoms with van der Waals surface area (Å²) in [5, 5.41) is 6.14. The molecule has 104 valence electrons. The Kier molecular flexibility index (Phi) is 6.11. The number of rotatable bonds is 5. The first kappa shape index (κ1) is 15.8. The summed E-state index contributed by atoms with van der Waals surface area (Å²) in [4.78, 5) is 22.5. The largest absolute Gasteiger partial charge is 0.467 e. The van der Waals surface area contributed by atoms with Crippen LogP contribution in [0.15, 0.2) is 22.7 Å². The monoisotopic (exact) mass is 348 g/mol. The summed E-state index contributed by atoms with van der Waals surface area (Å²) in [6.45, 7) is 1.56. The summed E-state index contributed by atoms with van der Waals surface area (Å²) in [7, 11) is 1.27. The van der Waals surface area contributed by atoms with Gasteiger partial charge in [-0.05, 0) is 34.1 Å². The van der Waals surface area contributed by atoms with Gasteiger partial charge in [-0.25, -0.2) is 4.79 Å². The molecule has 7 heteroatoms. The van der Waals surface area contributed by atoms with E-state index < -0.39 is 12.0 Å². The Hall–Kier alpha value is -1.27. The Balaban J connectivity index is 2.67. The standard InChI is InChI=1S/C12H14BrClN2O3/c1-7(17)16-11(12(18)19-2)6-15-8-3-4-10(14)9(13)5-8/h3-5,11,15H,6H2,1-2H3,(H,16,17). The van der Waals surface area contributed by atoms with Crippen LogP contribution in [0.3, 0.4) is 0 Å². The molecular formula is C12H14BrClN2O3. The average molecular weight is 350 g/mol. The van der Waals surface area contributed by atoms with Crippen molar-refractivity contribution >= 4 is 45.1 Å². The fourth-order valence-electron chi connectivity index (χ4n) is 1.41. The van der Waals surface area contributed by atoms with Crippen LogP contribution in [0, 0.1) is 0 Å². The lowest BCUT2D eigenvalue weighted by Gasteiger charge is -2.17. The molecule has 1 amide bonds. The van der Waals surface area contributed by atoms with Gasteiger partial charge < -0.3 is 15.4 Å². The van der Waals surface area contributed by atoms with E-state index in [1.807, 2.05) is 0 Å². The van der Waals surface area contributed by atoms with Gasteiger partial charge in [-0.2, -0.15) is 0 Å². The van der Waals surface area contributed by atoms with Gasteiger partial charge >= 0.3 is 5.97 Å². The zero-order valence-corrected chi connectivity index (χ0v) is 12.8. The third-order valence-electron chi connectivity index (χ3n) is 2.29. The first-order valence-corrected chi connectivity index (χ1v) is 6.65. The summed E-state index contributed by atoms with van der Waals surface area (Å²) in [6.07, 6.45) is 0. The molecule has 5 nitrogen and oxygen atoms in total. The van der Waals surface area contributed by atoms with E-state index in [0.29, 0.717) is 5.02 Å². The Bertz CT molecular complexity index is 482. The number of carbonyl (C=O) groups excluding carboxylic acids is 2. The molecule has 0 fully saturated rings. The molecule has 0 aliphatic heterocycles. The quantitative estimate of drug-likeness (QED) is 0.800. The highest BCUT2D eigenvalue weighted by atomic mass is 79.9. The number of carbonyl (C=O) groups is 2. The van der Waals surface area contributed by atoms with Crippen molar-refractivity contribution in [1.82, 2.24) is 5.32 Å². The first-order chi connectivity index (χ1) is 8.93. The van der Waals surface area contributed by atoms with E-state index in [4.69, 9.17) is 11.6 Å². The van der Waals surface area contributed by atoms with Crippen LogP contribution in [0.2, 0.25) is 5.02 Å². The van der Waals surface area contributed by atoms with Gasteiger partial charge in [0.2, 0.25) is 5.91 Å². The van der Waals surface area contributed by atoms with Crippen LogP contribution in [0.1, 0.15) is 6.92 Å². The third-order valence-corrected chi connectivity index (χ3v) is 3.51. The maximum Gasteiger partial charge on any atom is 0.330 e. The van der Waals surface area contributed by atoms with Gasteiger partial charge in [0, 0.05) is 23.6 Å². The van der Waals surface area contributed by atoms with Crippen molar-refractivity contribution in [2.45, 2.75) is 13.0 Å². The number of benzene rings is 1. The van der Waals surface area contributed by atoms with Crippen molar-refractivity contribution in [2.75, 3.05) is 19.0 Å². The topological polar surface area (TPSA) is 67.4 Å². The fourth-order valence-corrected chi connectivity index (χ4v) is 1.90. The van der Waals surface area contributed by atoms with E-state index in [0.717, 1.165) is 10.2 Å². The minimum absolute atomic E-state index is 0.223. The second-order valence-electron chi connectivity index (χ2n) is 3.79. The molecule has 1 aromatic rings. The number of hydrogen-bond donors (Lipinski definition) is 2. The van der Waals surface area contributed by atoms with Crippen molar-refractivity contribution in [2.24, 2.45) is 0 Å². The second-order valence-corrected chi connectivity index (χ2v) is 5.05. The number of esters is 1. The summed E-state index contributed by atoms with van der Waals surface area (Å²) < 4.78 is 5.36. The molecule has 0 saturated carbocycles. The molecule has 2 N–H and O–H groups in total. The smallest absolute Gasteiger partial charge is 0.330 e. The van der Waals surface area contributed by atoms with Gasteiger partial charge in [0.05, 0.1) is 12.1 Å². The second kappa shape index (κ2) is 7.35. The van der Waals surface area contributed by atoms with Crippen molar-refractivity contribution in [3.63, 3.8) is 0 Å². The number of amides is 1. The van der Waals surface area contributed by atoms with E-state index in [-0.39, 0.29) is 12.5 Å². The zero-order chi connectivity index (χ0) is 14.4. The van der Waals surface area contributed by atoms with E-state index in [2.05, 4.69) is 31.3 Å². The fraction of sp³-hybridized carbons (Fsp3) is 0.333. The van der Waals surface area contributed by atoms with Crippen LogP contribution in [0.5, 0.6) is 0 Å². The van der Waals surface area contributed by atoms with Crippen LogP contribution >= 0.6 is 27.5 Å². The van der Waals surface area contributed by atoms with E-state index >= 15 is 0 Å². The highest BCUT2D eigenvalue weighted by Gasteiger charge is 2.19. The maximum absolute atomic E-state index is 11.5.